The molecule has 3 aromatic rings. The van der Waals surface area contributed by atoms with E-state index in [0.29, 0.717) is 12.1 Å². The highest BCUT2D eigenvalue weighted by Crippen LogP contribution is 2.63. The summed E-state index contributed by atoms with van der Waals surface area (Å²) in [4.78, 5) is 0. The quantitative estimate of drug-likeness (QED) is 0.221. The number of alkyl halides is 6. The Labute approximate surface area is 250 Å². The summed E-state index contributed by atoms with van der Waals surface area (Å²) in [6.07, 6.45) is -12.6. The zero-order valence-electron chi connectivity index (χ0n) is 24.8. The Morgan fingerprint density at radius 3 is 1.45 bits per heavy atom. The van der Waals surface area contributed by atoms with Crippen molar-refractivity contribution in [1.82, 2.24) is 0 Å². The summed E-state index contributed by atoms with van der Waals surface area (Å²) < 4.78 is 94.1. The van der Waals surface area contributed by atoms with Crippen LogP contribution in [0.5, 0.6) is 17.2 Å². The van der Waals surface area contributed by atoms with E-state index in [2.05, 4.69) is 0 Å². The fourth-order valence-electron chi connectivity index (χ4n) is 6.06. The SMILES string of the molecule is CC(C)=C1C(c2cc(C)c(O)c(C)c2)=C(C(c2ccc(O)cc2)(C(F)(F)F)C(F)(F)F)C(c2cc(C)c(O)c(C)c2)=CC1O. The van der Waals surface area contributed by atoms with Gasteiger partial charge in [-0.3, -0.25) is 0 Å². The number of rotatable bonds is 4. The van der Waals surface area contributed by atoms with Crippen LogP contribution in [0.2, 0.25) is 0 Å². The maximum atomic E-state index is 15.7. The van der Waals surface area contributed by atoms with Crippen molar-refractivity contribution in [2.45, 2.75) is 65.4 Å². The van der Waals surface area contributed by atoms with E-state index in [9.17, 15) is 20.4 Å². The van der Waals surface area contributed by atoms with E-state index in [1.165, 1.54) is 65.8 Å². The Morgan fingerprint density at radius 1 is 0.659 bits per heavy atom. The van der Waals surface area contributed by atoms with Gasteiger partial charge >= 0.3 is 12.4 Å². The maximum absolute atomic E-state index is 15.7. The molecule has 0 heterocycles. The number of phenolic OH excluding ortho intramolecular Hbond substituents is 3. The lowest BCUT2D eigenvalue weighted by molar-refractivity contribution is -0.288. The van der Waals surface area contributed by atoms with Gasteiger partial charge in [-0.25, -0.2) is 0 Å². The third-order valence-electron chi connectivity index (χ3n) is 8.06. The van der Waals surface area contributed by atoms with Gasteiger partial charge in [-0.05, 0) is 145 Å². The summed E-state index contributed by atoms with van der Waals surface area (Å²) in [6, 6.07) is 7.82. The maximum Gasteiger partial charge on any atom is 0.411 e. The molecule has 0 bridgehead atoms. The number of aromatic hydroxyl groups is 3. The average molecular weight is 619 g/mol. The Bertz CT molecular complexity index is 1660. The molecule has 0 aliphatic heterocycles. The molecule has 4 N–H and O–H groups in total. The molecule has 0 radical (unpaired) electrons. The molecule has 0 spiro atoms. The molecule has 10 heteroatoms. The molecule has 0 saturated heterocycles. The van der Waals surface area contributed by atoms with Crippen molar-refractivity contribution in [2.75, 3.05) is 0 Å². The van der Waals surface area contributed by atoms with Crippen molar-refractivity contribution in [3.05, 3.63) is 110 Å². The minimum Gasteiger partial charge on any atom is -0.508 e. The number of halogens is 6. The van der Waals surface area contributed by atoms with Gasteiger partial charge < -0.3 is 20.4 Å². The summed E-state index contributed by atoms with van der Waals surface area (Å²) in [5.41, 5.74) is -7.30. The molecular weight excluding hydrogens is 586 g/mol. The van der Waals surface area contributed by atoms with Crippen LogP contribution in [-0.2, 0) is 5.41 Å². The number of benzene rings is 3. The molecule has 3 aromatic carbocycles. The number of hydrogen-bond donors (Lipinski definition) is 4. The van der Waals surface area contributed by atoms with Crippen LogP contribution in [-0.4, -0.2) is 38.9 Å². The number of phenols is 3. The number of aryl methyl sites for hydroxylation is 4. The Morgan fingerprint density at radius 2 is 1.07 bits per heavy atom. The number of aliphatic hydroxyl groups is 1. The highest BCUT2D eigenvalue weighted by Gasteiger charge is 2.74. The van der Waals surface area contributed by atoms with Gasteiger partial charge in [0, 0.05) is 0 Å². The molecule has 1 aliphatic rings. The molecule has 0 saturated carbocycles. The van der Waals surface area contributed by atoms with Gasteiger partial charge in [-0.15, -0.1) is 0 Å². The van der Waals surface area contributed by atoms with E-state index in [1.54, 1.807) is 0 Å². The zero-order valence-corrected chi connectivity index (χ0v) is 24.8. The molecule has 0 amide bonds. The van der Waals surface area contributed by atoms with Gasteiger partial charge in [-0.1, -0.05) is 17.7 Å². The normalized spacial score (nSPS) is 16.3. The van der Waals surface area contributed by atoms with E-state index in [-0.39, 0.29) is 56.0 Å². The van der Waals surface area contributed by atoms with Crippen LogP contribution in [0, 0.1) is 27.7 Å². The van der Waals surface area contributed by atoms with Crippen LogP contribution < -0.4 is 0 Å². The second-order valence-corrected chi connectivity index (χ2v) is 11.4. The molecule has 44 heavy (non-hydrogen) atoms. The van der Waals surface area contributed by atoms with Crippen molar-refractivity contribution in [1.29, 1.82) is 0 Å². The minimum atomic E-state index is -6.00. The molecule has 1 aliphatic carbocycles. The summed E-state index contributed by atoms with van der Waals surface area (Å²) in [6.45, 7) is 8.83. The van der Waals surface area contributed by atoms with Gasteiger partial charge in [-0.2, -0.15) is 26.3 Å². The van der Waals surface area contributed by atoms with E-state index in [0.717, 1.165) is 18.2 Å². The first-order chi connectivity index (χ1) is 20.2. The van der Waals surface area contributed by atoms with E-state index in [4.69, 9.17) is 0 Å². The van der Waals surface area contributed by atoms with Gasteiger partial charge in [0.25, 0.3) is 0 Å². The van der Waals surface area contributed by atoms with Gasteiger partial charge in [0.2, 0.25) is 5.41 Å². The largest absolute Gasteiger partial charge is 0.508 e. The van der Waals surface area contributed by atoms with Crippen molar-refractivity contribution < 1.29 is 46.8 Å². The van der Waals surface area contributed by atoms with E-state index >= 15 is 26.3 Å². The number of allylic oxidation sites excluding steroid dienone is 3. The minimum absolute atomic E-state index is 0.0717. The summed E-state index contributed by atoms with van der Waals surface area (Å²) in [5, 5.41) is 42.1. The standard InChI is InChI=1S/C34H32F6O4/c1-16(2)27-26(42)15-25(21-11-17(3)30(43)18(4)12-21)29(28(27)22-13-19(5)31(44)20(6)14-22)32(33(35,36)37,34(38,39)40)23-7-9-24(41)10-8-23/h7-15,26,41-44H,1-6H3. The first kappa shape index (κ1) is 32.7. The fourth-order valence-corrected chi connectivity index (χ4v) is 6.06. The van der Waals surface area contributed by atoms with E-state index in [1.807, 2.05) is 0 Å². The molecule has 1 atom stereocenters. The summed E-state index contributed by atoms with van der Waals surface area (Å²) >= 11 is 0. The van der Waals surface area contributed by atoms with Gasteiger partial charge in [0.1, 0.15) is 17.2 Å². The lowest BCUT2D eigenvalue weighted by Crippen LogP contribution is -2.56. The van der Waals surface area contributed by atoms with Crippen LogP contribution in [0.4, 0.5) is 26.3 Å². The van der Waals surface area contributed by atoms with Crippen molar-refractivity contribution in [3.63, 3.8) is 0 Å². The fraction of sp³-hybridized carbons (Fsp3) is 0.294. The van der Waals surface area contributed by atoms with Crippen molar-refractivity contribution in [3.8, 4) is 17.2 Å². The monoisotopic (exact) mass is 618 g/mol. The summed E-state index contributed by atoms with van der Waals surface area (Å²) in [7, 11) is 0. The number of hydrogen-bond acceptors (Lipinski definition) is 4. The van der Waals surface area contributed by atoms with Crippen LogP contribution in [0.1, 0.15) is 52.8 Å². The van der Waals surface area contributed by atoms with Crippen LogP contribution in [0.3, 0.4) is 0 Å². The molecule has 4 rings (SSSR count). The van der Waals surface area contributed by atoms with Gasteiger partial charge in [0.05, 0.1) is 6.10 Å². The molecule has 4 nitrogen and oxygen atoms in total. The Balaban J connectivity index is 2.41. The lowest BCUT2D eigenvalue weighted by atomic mass is 9.63. The highest BCUT2D eigenvalue weighted by atomic mass is 19.4. The van der Waals surface area contributed by atoms with Crippen LogP contribution >= 0.6 is 0 Å². The second kappa shape index (κ2) is 11.1. The lowest BCUT2D eigenvalue weighted by Gasteiger charge is -2.44. The molecule has 234 valence electrons. The number of aliphatic hydroxyl groups excluding tert-OH is 1. The molecule has 0 aromatic heterocycles. The molecule has 0 fully saturated rings. The van der Waals surface area contributed by atoms with Crippen molar-refractivity contribution >= 4 is 11.1 Å². The molecular formula is C34H32F6O4. The second-order valence-electron chi connectivity index (χ2n) is 11.4. The summed E-state index contributed by atoms with van der Waals surface area (Å²) in [5.74, 6) is -0.888. The van der Waals surface area contributed by atoms with Gasteiger partial charge in [0.15, 0.2) is 0 Å². The smallest absolute Gasteiger partial charge is 0.411 e. The predicted octanol–water partition coefficient (Wildman–Crippen LogP) is 8.65. The first-order valence-corrected chi connectivity index (χ1v) is 13.6. The first-order valence-electron chi connectivity index (χ1n) is 13.6. The topological polar surface area (TPSA) is 80.9 Å². The van der Waals surface area contributed by atoms with Crippen LogP contribution in [0.15, 0.2) is 71.3 Å². The van der Waals surface area contributed by atoms with E-state index < -0.39 is 51.9 Å². The highest BCUT2D eigenvalue weighted by molar-refractivity contribution is 6.01. The third kappa shape index (κ3) is 5.15. The Hall–Kier alpha value is -4.18. The predicted molar refractivity (Wildman–Crippen MR) is 156 cm³/mol. The van der Waals surface area contributed by atoms with Crippen LogP contribution in [0.25, 0.3) is 11.1 Å². The Kier molecular flexibility index (Phi) is 8.23. The molecule has 1 unspecified atom stereocenters. The third-order valence-corrected chi connectivity index (χ3v) is 8.06. The zero-order chi connectivity index (χ0) is 33.1. The van der Waals surface area contributed by atoms with Crippen molar-refractivity contribution in [2.24, 2.45) is 0 Å². The average Bonchev–Trinajstić information content (AvgIpc) is 2.89.